The topological polar surface area (TPSA) is 62.6 Å². The van der Waals surface area contributed by atoms with Crippen LogP contribution >= 0.6 is 0 Å². The summed E-state index contributed by atoms with van der Waals surface area (Å²) >= 11 is 0. The van der Waals surface area contributed by atoms with Gasteiger partial charge in [-0.3, -0.25) is 9.59 Å². The molecule has 1 aromatic carbocycles. The Hall–Kier alpha value is -2.63. The van der Waals surface area contributed by atoms with Gasteiger partial charge in [-0.15, -0.1) is 0 Å². The lowest BCUT2D eigenvalue weighted by molar-refractivity contribution is -0.117. The fraction of sp³-hybridized carbons (Fsp3) is 0.200. The highest BCUT2D eigenvalue weighted by atomic mass is 19.1. The standard InChI is InChI=1S/C15H13FN2O3/c16-10-3-5-12(6-4-10)18-9-11(8-14(18)19)17-15(20)13-2-1-7-21-13/h1-7,11H,8-9H2,(H,17,20)/t11-/m0/s1. The minimum atomic E-state index is -0.354. The molecular weight excluding hydrogens is 275 g/mol. The summed E-state index contributed by atoms with van der Waals surface area (Å²) < 4.78 is 17.9. The van der Waals surface area contributed by atoms with Gasteiger partial charge in [0.1, 0.15) is 5.82 Å². The van der Waals surface area contributed by atoms with Crippen molar-refractivity contribution in [3.63, 3.8) is 0 Å². The Morgan fingerprint density at radius 3 is 2.71 bits per heavy atom. The molecule has 0 unspecified atom stereocenters. The maximum Gasteiger partial charge on any atom is 0.287 e. The molecule has 2 heterocycles. The SMILES string of the molecule is O=C(N[C@H]1CC(=O)N(c2ccc(F)cc2)C1)c1ccco1. The van der Waals surface area contributed by atoms with Gasteiger partial charge in [0, 0.05) is 18.7 Å². The number of halogens is 1. The van der Waals surface area contributed by atoms with E-state index < -0.39 is 0 Å². The van der Waals surface area contributed by atoms with Gasteiger partial charge in [0.15, 0.2) is 5.76 Å². The predicted molar refractivity (Wildman–Crippen MR) is 73.3 cm³/mol. The third-order valence-electron chi connectivity index (χ3n) is 3.34. The first-order chi connectivity index (χ1) is 10.1. The smallest absolute Gasteiger partial charge is 0.287 e. The third-order valence-corrected chi connectivity index (χ3v) is 3.34. The minimum absolute atomic E-state index is 0.105. The second kappa shape index (κ2) is 5.40. The van der Waals surface area contributed by atoms with Crippen LogP contribution in [0.4, 0.5) is 10.1 Å². The molecule has 1 aliphatic rings. The molecule has 0 aliphatic carbocycles. The fourth-order valence-corrected chi connectivity index (χ4v) is 2.34. The van der Waals surface area contributed by atoms with Crippen LogP contribution in [0.3, 0.4) is 0 Å². The van der Waals surface area contributed by atoms with E-state index in [0.29, 0.717) is 12.2 Å². The molecule has 108 valence electrons. The summed E-state index contributed by atoms with van der Waals surface area (Å²) in [6.07, 6.45) is 1.63. The molecule has 0 radical (unpaired) electrons. The average molecular weight is 288 g/mol. The second-order valence-corrected chi connectivity index (χ2v) is 4.83. The lowest BCUT2D eigenvalue weighted by Crippen LogP contribution is -2.37. The van der Waals surface area contributed by atoms with E-state index in [-0.39, 0.29) is 35.9 Å². The molecule has 0 bridgehead atoms. The Morgan fingerprint density at radius 2 is 2.05 bits per heavy atom. The van der Waals surface area contributed by atoms with Gasteiger partial charge in [-0.05, 0) is 36.4 Å². The van der Waals surface area contributed by atoms with Crippen molar-refractivity contribution < 1.29 is 18.4 Å². The molecule has 6 heteroatoms. The number of nitrogens with zero attached hydrogens (tertiary/aromatic N) is 1. The van der Waals surface area contributed by atoms with E-state index in [4.69, 9.17) is 4.42 Å². The summed E-state index contributed by atoms with van der Waals surface area (Å²) in [5, 5.41) is 2.75. The zero-order chi connectivity index (χ0) is 14.8. The van der Waals surface area contributed by atoms with Gasteiger partial charge in [0.25, 0.3) is 5.91 Å². The van der Waals surface area contributed by atoms with E-state index >= 15 is 0 Å². The maximum atomic E-state index is 12.9. The van der Waals surface area contributed by atoms with Crippen molar-refractivity contribution in [2.24, 2.45) is 0 Å². The van der Waals surface area contributed by atoms with Crippen LogP contribution in [0.25, 0.3) is 0 Å². The summed E-state index contributed by atoms with van der Waals surface area (Å²) in [5.74, 6) is -0.596. The predicted octanol–water partition coefficient (Wildman–Crippen LogP) is 1.95. The molecule has 1 aliphatic heterocycles. The first-order valence-electron chi connectivity index (χ1n) is 6.54. The van der Waals surface area contributed by atoms with Crippen molar-refractivity contribution in [1.82, 2.24) is 5.32 Å². The second-order valence-electron chi connectivity index (χ2n) is 4.83. The molecule has 1 fully saturated rings. The molecule has 21 heavy (non-hydrogen) atoms. The summed E-state index contributed by atoms with van der Waals surface area (Å²) in [5.41, 5.74) is 0.621. The zero-order valence-electron chi connectivity index (χ0n) is 11.1. The molecule has 1 N–H and O–H groups in total. The van der Waals surface area contributed by atoms with E-state index in [1.165, 1.54) is 23.3 Å². The largest absolute Gasteiger partial charge is 0.459 e. The molecule has 2 amide bonds. The number of carbonyl (C=O) groups is 2. The molecular formula is C15H13FN2O3. The van der Waals surface area contributed by atoms with Gasteiger partial charge in [-0.1, -0.05) is 0 Å². The van der Waals surface area contributed by atoms with E-state index in [2.05, 4.69) is 5.32 Å². The number of hydrogen-bond acceptors (Lipinski definition) is 3. The van der Waals surface area contributed by atoms with Crippen molar-refractivity contribution in [3.8, 4) is 0 Å². The Morgan fingerprint density at radius 1 is 1.29 bits per heavy atom. The van der Waals surface area contributed by atoms with Gasteiger partial charge < -0.3 is 14.6 Å². The fourth-order valence-electron chi connectivity index (χ4n) is 2.34. The van der Waals surface area contributed by atoms with Crippen LogP contribution in [0.1, 0.15) is 17.0 Å². The van der Waals surface area contributed by atoms with Gasteiger partial charge in [0.05, 0.1) is 12.3 Å². The number of carbonyl (C=O) groups excluding carboxylic acids is 2. The molecule has 1 saturated heterocycles. The first-order valence-corrected chi connectivity index (χ1v) is 6.54. The highest BCUT2D eigenvalue weighted by Gasteiger charge is 2.32. The summed E-state index contributed by atoms with van der Waals surface area (Å²) in [6.45, 7) is 0.358. The van der Waals surface area contributed by atoms with Crippen molar-refractivity contribution in [1.29, 1.82) is 0 Å². The van der Waals surface area contributed by atoms with Crippen LogP contribution in [0, 0.1) is 5.82 Å². The first kappa shape index (κ1) is 13.4. The number of benzene rings is 1. The maximum absolute atomic E-state index is 12.9. The summed E-state index contributed by atoms with van der Waals surface area (Å²) in [6, 6.07) is 8.59. The van der Waals surface area contributed by atoms with E-state index in [1.807, 2.05) is 0 Å². The lowest BCUT2D eigenvalue weighted by atomic mass is 10.2. The molecule has 5 nitrogen and oxygen atoms in total. The van der Waals surface area contributed by atoms with E-state index in [1.54, 1.807) is 24.3 Å². The van der Waals surface area contributed by atoms with Crippen molar-refractivity contribution in [3.05, 3.63) is 54.2 Å². The van der Waals surface area contributed by atoms with Crippen molar-refractivity contribution in [2.75, 3.05) is 11.4 Å². The molecule has 3 rings (SSSR count). The Balaban J connectivity index is 1.67. The monoisotopic (exact) mass is 288 g/mol. The van der Waals surface area contributed by atoms with Gasteiger partial charge >= 0.3 is 0 Å². The minimum Gasteiger partial charge on any atom is -0.459 e. The highest BCUT2D eigenvalue weighted by molar-refractivity contribution is 5.98. The van der Waals surface area contributed by atoms with Crippen LogP contribution in [-0.4, -0.2) is 24.4 Å². The quantitative estimate of drug-likeness (QED) is 0.939. The van der Waals surface area contributed by atoms with Crippen LogP contribution in [0.2, 0.25) is 0 Å². The number of rotatable bonds is 3. The zero-order valence-corrected chi connectivity index (χ0v) is 11.1. The molecule has 0 spiro atoms. The Kier molecular flexibility index (Phi) is 3.43. The van der Waals surface area contributed by atoms with Crippen LogP contribution < -0.4 is 10.2 Å². The number of amides is 2. The normalized spacial score (nSPS) is 18.0. The number of furan rings is 1. The van der Waals surface area contributed by atoms with Crippen molar-refractivity contribution >= 4 is 17.5 Å². The summed E-state index contributed by atoms with van der Waals surface area (Å²) in [4.78, 5) is 25.4. The Bertz CT molecular complexity index is 652. The molecule has 0 saturated carbocycles. The van der Waals surface area contributed by atoms with Crippen LogP contribution in [0.5, 0.6) is 0 Å². The Labute approximate surface area is 120 Å². The number of nitrogens with one attached hydrogen (secondary N) is 1. The van der Waals surface area contributed by atoms with Gasteiger partial charge in [0.2, 0.25) is 5.91 Å². The van der Waals surface area contributed by atoms with Gasteiger partial charge in [-0.25, -0.2) is 4.39 Å². The summed E-state index contributed by atoms with van der Waals surface area (Å²) in [7, 11) is 0. The lowest BCUT2D eigenvalue weighted by Gasteiger charge is -2.17. The average Bonchev–Trinajstić information content (AvgIpc) is 3.10. The number of anilines is 1. The van der Waals surface area contributed by atoms with Gasteiger partial charge in [-0.2, -0.15) is 0 Å². The van der Waals surface area contributed by atoms with Crippen LogP contribution in [0.15, 0.2) is 47.1 Å². The number of hydrogen-bond donors (Lipinski definition) is 1. The van der Waals surface area contributed by atoms with Crippen molar-refractivity contribution in [2.45, 2.75) is 12.5 Å². The van der Waals surface area contributed by atoms with E-state index in [0.717, 1.165) is 0 Å². The van der Waals surface area contributed by atoms with Crippen LogP contribution in [-0.2, 0) is 4.79 Å². The molecule has 1 aromatic heterocycles. The van der Waals surface area contributed by atoms with E-state index in [9.17, 15) is 14.0 Å². The third kappa shape index (κ3) is 2.79. The highest BCUT2D eigenvalue weighted by Crippen LogP contribution is 2.22. The molecule has 2 aromatic rings. The molecule has 1 atom stereocenters.